The zero-order valence-electron chi connectivity index (χ0n) is 20.2. The minimum Gasteiger partial charge on any atom is -0.483 e. The van der Waals surface area contributed by atoms with Crippen molar-refractivity contribution in [3.63, 3.8) is 0 Å². The molecule has 1 aliphatic rings. The van der Waals surface area contributed by atoms with E-state index in [-0.39, 0.29) is 31.0 Å². The Labute approximate surface area is 210 Å². The van der Waals surface area contributed by atoms with Gasteiger partial charge in [-0.05, 0) is 65.4 Å². The van der Waals surface area contributed by atoms with Gasteiger partial charge in [0.25, 0.3) is 5.91 Å². The first-order valence-corrected chi connectivity index (χ1v) is 12.8. The Morgan fingerprint density at radius 1 is 1.12 bits per heavy atom. The topological polar surface area (TPSA) is 58.6 Å². The number of carbonyl (C=O) groups excluding carboxylic acids is 2. The van der Waals surface area contributed by atoms with Crippen LogP contribution in [0.5, 0.6) is 5.75 Å². The van der Waals surface area contributed by atoms with Crippen LogP contribution in [0, 0.1) is 5.82 Å². The van der Waals surface area contributed by atoms with Crippen molar-refractivity contribution in [2.45, 2.75) is 77.4 Å². The number of amides is 2. The molecule has 2 aromatic carbocycles. The van der Waals surface area contributed by atoms with Crippen molar-refractivity contribution in [3.05, 3.63) is 63.9 Å². The van der Waals surface area contributed by atoms with E-state index in [1.165, 1.54) is 17.4 Å². The van der Waals surface area contributed by atoms with Crippen LogP contribution in [0.4, 0.5) is 4.39 Å². The molecule has 2 amide bonds. The second-order valence-corrected chi connectivity index (χ2v) is 10.1. The highest BCUT2D eigenvalue weighted by molar-refractivity contribution is 9.10. The molecule has 1 aliphatic carbocycles. The van der Waals surface area contributed by atoms with Gasteiger partial charge in [0.15, 0.2) is 6.61 Å². The average molecular weight is 533 g/mol. The SMILES string of the molecule is CC(C)c1ccc(OCC(=O)N(Cc2ccccc2F)C(C)C(=O)NC2CCCCC2)c(Br)c1. The molecule has 0 spiro atoms. The molecule has 0 aromatic heterocycles. The van der Waals surface area contributed by atoms with Crippen molar-refractivity contribution in [1.82, 2.24) is 10.2 Å². The van der Waals surface area contributed by atoms with E-state index in [9.17, 15) is 14.0 Å². The van der Waals surface area contributed by atoms with Crippen LogP contribution in [0.2, 0.25) is 0 Å². The number of rotatable bonds is 9. The Kier molecular flexibility index (Phi) is 9.51. The van der Waals surface area contributed by atoms with Gasteiger partial charge in [0.1, 0.15) is 17.6 Å². The molecule has 1 unspecified atom stereocenters. The monoisotopic (exact) mass is 532 g/mol. The zero-order chi connectivity index (χ0) is 24.7. The molecule has 0 radical (unpaired) electrons. The van der Waals surface area contributed by atoms with Gasteiger partial charge in [-0.15, -0.1) is 0 Å². The maximum atomic E-state index is 14.4. The van der Waals surface area contributed by atoms with Crippen LogP contribution < -0.4 is 10.1 Å². The molecule has 0 saturated heterocycles. The van der Waals surface area contributed by atoms with E-state index in [2.05, 4.69) is 35.1 Å². The molecule has 7 heteroatoms. The first kappa shape index (κ1) is 26.2. The fourth-order valence-corrected chi connectivity index (χ4v) is 4.69. The van der Waals surface area contributed by atoms with E-state index in [1.807, 2.05) is 18.2 Å². The number of ether oxygens (including phenoxy) is 1. The lowest BCUT2D eigenvalue weighted by Gasteiger charge is -2.31. The van der Waals surface area contributed by atoms with E-state index >= 15 is 0 Å². The summed E-state index contributed by atoms with van der Waals surface area (Å²) in [6, 6.07) is 11.4. The molecule has 5 nitrogen and oxygen atoms in total. The lowest BCUT2D eigenvalue weighted by molar-refractivity contribution is -0.142. The van der Waals surface area contributed by atoms with Crippen molar-refractivity contribution in [2.24, 2.45) is 0 Å². The normalized spacial score (nSPS) is 15.1. The second kappa shape index (κ2) is 12.3. The van der Waals surface area contributed by atoms with E-state index < -0.39 is 11.9 Å². The maximum Gasteiger partial charge on any atom is 0.261 e. The molecule has 1 atom stereocenters. The zero-order valence-corrected chi connectivity index (χ0v) is 21.7. The predicted molar refractivity (Wildman–Crippen MR) is 135 cm³/mol. The standard InChI is InChI=1S/C27H34BrFN2O3/c1-18(2)20-13-14-25(23(28)15-20)34-17-26(32)31(16-21-9-7-8-12-24(21)29)19(3)27(33)30-22-10-5-4-6-11-22/h7-9,12-15,18-19,22H,4-6,10-11,16-17H2,1-3H3,(H,30,33). The molecule has 1 N–H and O–H groups in total. The summed E-state index contributed by atoms with van der Waals surface area (Å²) in [6.45, 7) is 5.62. The largest absolute Gasteiger partial charge is 0.483 e. The smallest absolute Gasteiger partial charge is 0.261 e. The highest BCUT2D eigenvalue weighted by atomic mass is 79.9. The molecule has 1 fully saturated rings. The molecule has 184 valence electrons. The van der Waals surface area contributed by atoms with Crippen molar-refractivity contribution >= 4 is 27.7 Å². The first-order chi connectivity index (χ1) is 16.3. The summed E-state index contributed by atoms with van der Waals surface area (Å²) in [5.41, 5.74) is 1.51. The van der Waals surface area contributed by atoms with Crippen LogP contribution in [0.25, 0.3) is 0 Å². The molecular formula is C27H34BrFN2O3. The number of nitrogens with zero attached hydrogens (tertiary/aromatic N) is 1. The highest BCUT2D eigenvalue weighted by Crippen LogP contribution is 2.29. The van der Waals surface area contributed by atoms with Crippen molar-refractivity contribution < 1.29 is 18.7 Å². The van der Waals surface area contributed by atoms with Crippen molar-refractivity contribution in [3.8, 4) is 5.75 Å². The predicted octanol–water partition coefficient (Wildman–Crippen LogP) is 5.96. The lowest BCUT2D eigenvalue weighted by Crippen LogP contribution is -2.51. The van der Waals surface area contributed by atoms with E-state index in [0.717, 1.165) is 35.7 Å². The molecule has 34 heavy (non-hydrogen) atoms. The number of hydrogen-bond acceptors (Lipinski definition) is 3. The fourth-order valence-electron chi connectivity index (χ4n) is 4.18. The van der Waals surface area contributed by atoms with Crippen LogP contribution in [0.1, 0.15) is 69.9 Å². The maximum absolute atomic E-state index is 14.4. The van der Waals surface area contributed by atoms with Crippen LogP contribution >= 0.6 is 15.9 Å². The van der Waals surface area contributed by atoms with Crippen molar-refractivity contribution in [1.29, 1.82) is 0 Å². The molecule has 2 aromatic rings. The summed E-state index contributed by atoms with van der Waals surface area (Å²) in [6.07, 6.45) is 5.27. The Morgan fingerprint density at radius 3 is 2.47 bits per heavy atom. The van der Waals surface area contributed by atoms with Crippen LogP contribution in [-0.2, 0) is 16.1 Å². The van der Waals surface area contributed by atoms with Gasteiger partial charge in [-0.2, -0.15) is 0 Å². The Bertz CT molecular complexity index is 992. The number of halogens is 2. The van der Waals surface area contributed by atoms with Gasteiger partial charge in [-0.1, -0.05) is 57.4 Å². The third-order valence-corrected chi connectivity index (χ3v) is 7.01. The summed E-state index contributed by atoms with van der Waals surface area (Å²) in [7, 11) is 0. The van der Waals surface area contributed by atoms with Gasteiger partial charge >= 0.3 is 0 Å². The number of benzene rings is 2. The summed E-state index contributed by atoms with van der Waals surface area (Å²) in [5.74, 6) is -0.101. The van der Waals surface area contributed by atoms with E-state index in [4.69, 9.17) is 4.74 Å². The summed E-state index contributed by atoms with van der Waals surface area (Å²) in [5, 5.41) is 3.08. The van der Waals surface area contributed by atoms with Crippen LogP contribution in [0.15, 0.2) is 46.9 Å². The van der Waals surface area contributed by atoms with Crippen molar-refractivity contribution in [2.75, 3.05) is 6.61 Å². The average Bonchev–Trinajstić information content (AvgIpc) is 2.82. The minimum absolute atomic E-state index is 0.0123. The molecular weight excluding hydrogens is 499 g/mol. The van der Waals surface area contributed by atoms with E-state index in [1.54, 1.807) is 25.1 Å². The Morgan fingerprint density at radius 2 is 1.82 bits per heavy atom. The summed E-state index contributed by atoms with van der Waals surface area (Å²) < 4.78 is 20.9. The molecule has 3 rings (SSSR count). The van der Waals surface area contributed by atoms with Gasteiger partial charge in [-0.3, -0.25) is 9.59 Å². The van der Waals surface area contributed by atoms with Gasteiger partial charge < -0.3 is 15.0 Å². The number of nitrogens with one attached hydrogen (secondary N) is 1. The van der Waals surface area contributed by atoms with Gasteiger partial charge in [0, 0.05) is 18.2 Å². The van der Waals surface area contributed by atoms with Crippen LogP contribution in [-0.4, -0.2) is 35.4 Å². The number of hydrogen-bond donors (Lipinski definition) is 1. The van der Waals surface area contributed by atoms with Gasteiger partial charge in [-0.25, -0.2) is 4.39 Å². The Hall–Kier alpha value is -2.41. The molecule has 0 aliphatic heterocycles. The quantitative estimate of drug-likeness (QED) is 0.433. The minimum atomic E-state index is -0.760. The third kappa shape index (κ3) is 7.05. The lowest BCUT2D eigenvalue weighted by atomic mass is 9.95. The van der Waals surface area contributed by atoms with Gasteiger partial charge in [0.05, 0.1) is 4.47 Å². The molecule has 0 bridgehead atoms. The van der Waals surface area contributed by atoms with Gasteiger partial charge in [0.2, 0.25) is 5.91 Å². The summed E-state index contributed by atoms with van der Waals surface area (Å²) in [4.78, 5) is 27.7. The summed E-state index contributed by atoms with van der Waals surface area (Å²) >= 11 is 3.51. The second-order valence-electron chi connectivity index (χ2n) is 9.27. The molecule has 1 saturated carbocycles. The highest BCUT2D eigenvalue weighted by Gasteiger charge is 2.29. The first-order valence-electron chi connectivity index (χ1n) is 12.0. The third-order valence-electron chi connectivity index (χ3n) is 6.39. The Balaban J connectivity index is 1.73. The van der Waals surface area contributed by atoms with E-state index in [0.29, 0.717) is 17.2 Å². The fraction of sp³-hybridized carbons (Fsp3) is 0.481. The number of carbonyl (C=O) groups is 2. The molecule has 0 heterocycles. The van der Waals surface area contributed by atoms with Crippen LogP contribution in [0.3, 0.4) is 0 Å².